The molecule has 1 aromatic carbocycles. The lowest BCUT2D eigenvalue weighted by Crippen LogP contribution is -2.48. The molecular weight excluding hydrogens is 610 g/mol. The van der Waals surface area contributed by atoms with E-state index in [0.29, 0.717) is 28.8 Å². The van der Waals surface area contributed by atoms with E-state index in [1.807, 2.05) is 24.3 Å². The number of carbonyl (C=O) groups is 2. The van der Waals surface area contributed by atoms with E-state index in [4.69, 9.17) is 26.4 Å². The van der Waals surface area contributed by atoms with E-state index in [9.17, 15) is 9.59 Å². The molecule has 7 rings (SSSR count). The Morgan fingerprint density at radius 2 is 1.45 bits per heavy atom. The minimum absolute atomic E-state index is 0.0822. The van der Waals surface area contributed by atoms with Crippen LogP contribution in [-0.4, -0.2) is 38.3 Å². The second-order valence-electron chi connectivity index (χ2n) is 14.9. The van der Waals surface area contributed by atoms with E-state index in [-0.39, 0.29) is 30.1 Å². The van der Waals surface area contributed by atoms with Gasteiger partial charge in [0.05, 0.1) is 18.7 Å². The summed E-state index contributed by atoms with van der Waals surface area (Å²) in [6, 6.07) is 7.44. The molecule has 4 bridgehead atoms. The van der Waals surface area contributed by atoms with Crippen LogP contribution in [0, 0.1) is 17.8 Å². The van der Waals surface area contributed by atoms with E-state index >= 15 is 0 Å². The van der Waals surface area contributed by atoms with Gasteiger partial charge in [0.25, 0.3) is 0 Å². The number of rotatable bonds is 19. The monoisotopic (exact) mass is 663 g/mol. The molecule has 0 saturated heterocycles. The topological polar surface area (TPSA) is 101 Å². The minimum Gasteiger partial charge on any atom is -0.466 e. The van der Waals surface area contributed by atoms with Crippen molar-refractivity contribution in [3.8, 4) is 11.4 Å². The number of amides is 1. The van der Waals surface area contributed by atoms with Crippen LogP contribution in [0.4, 0.5) is 5.69 Å². The van der Waals surface area contributed by atoms with E-state index < -0.39 is 0 Å². The Labute approximate surface area is 285 Å². The first-order chi connectivity index (χ1) is 22.9. The summed E-state index contributed by atoms with van der Waals surface area (Å²) in [4.78, 5) is 29.4. The number of aromatic nitrogens is 4. The van der Waals surface area contributed by atoms with Crippen LogP contribution in [0.25, 0.3) is 17.0 Å². The lowest BCUT2D eigenvalue weighted by atomic mass is 9.49. The molecule has 256 valence electrons. The van der Waals surface area contributed by atoms with Gasteiger partial charge in [0.1, 0.15) is 5.02 Å². The summed E-state index contributed by atoms with van der Waals surface area (Å²) >= 11 is 6.97. The number of hydrogen-bond donors (Lipinski definition) is 2. The summed E-state index contributed by atoms with van der Waals surface area (Å²) in [5, 5.41) is 11.8. The molecule has 0 aliphatic heterocycles. The van der Waals surface area contributed by atoms with Crippen LogP contribution in [0.1, 0.15) is 141 Å². The molecule has 4 aliphatic rings. The summed E-state index contributed by atoms with van der Waals surface area (Å²) in [6.07, 6.45) is 23.3. The van der Waals surface area contributed by atoms with E-state index in [0.717, 1.165) is 41.9 Å². The summed E-state index contributed by atoms with van der Waals surface area (Å²) < 4.78 is 7.08. The largest absolute Gasteiger partial charge is 0.466 e. The fourth-order valence-corrected chi connectivity index (χ4v) is 9.40. The van der Waals surface area contributed by atoms with Crippen molar-refractivity contribution in [3.05, 3.63) is 35.0 Å². The number of nitrogens with zero attached hydrogens (tertiary/aromatic N) is 3. The van der Waals surface area contributed by atoms with Crippen molar-refractivity contribution in [2.24, 2.45) is 17.8 Å². The van der Waals surface area contributed by atoms with Crippen molar-refractivity contribution in [3.63, 3.8) is 0 Å². The summed E-state index contributed by atoms with van der Waals surface area (Å²) in [7, 11) is 0. The van der Waals surface area contributed by atoms with Gasteiger partial charge in [-0.1, -0.05) is 89.2 Å². The lowest BCUT2D eigenvalue weighted by molar-refractivity contribution is -0.144. The smallest absolute Gasteiger partial charge is 0.306 e. The first kappa shape index (κ1) is 34.0. The van der Waals surface area contributed by atoms with Gasteiger partial charge < -0.3 is 10.1 Å². The summed E-state index contributed by atoms with van der Waals surface area (Å²) in [5.41, 5.74) is 3.46. The molecule has 0 spiro atoms. The minimum atomic E-state index is -0.315. The highest BCUT2D eigenvalue weighted by Gasteiger charge is 2.53. The van der Waals surface area contributed by atoms with Gasteiger partial charge in [0, 0.05) is 23.1 Å². The van der Waals surface area contributed by atoms with E-state index in [2.05, 4.69) is 17.3 Å². The van der Waals surface area contributed by atoms with Crippen LogP contribution in [0.3, 0.4) is 0 Å². The Morgan fingerprint density at radius 3 is 2.02 bits per heavy atom. The van der Waals surface area contributed by atoms with Crippen molar-refractivity contribution >= 4 is 34.8 Å². The summed E-state index contributed by atoms with van der Waals surface area (Å²) in [5.74, 6) is 2.56. The van der Waals surface area contributed by atoms with Gasteiger partial charge in [-0.15, -0.1) is 5.10 Å². The molecule has 0 unspecified atom stereocenters. The van der Waals surface area contributed by atoms with Gasteiger partial charge >= 0.3 is 5.97 Å². The molecule has 4 saturated carbocycles. The van der Waals surface area contributed by atoms with E-state index in [1.165, 1.54) is 103 Å². The van der Waals surface area contributed by atoms with E-state index in [1.54, 1.807) is 4.63 Å². The van der Waals surface area contributed by atoms with Gasteiger partial charge in [0.15, 0.2) is 11.5 Å². The standard InChI is InChI=1S/C38H54ClN5O3/c1-2-3-4-5-6-7-8-9-10-11-12-13-20-47-33(46)19-18-32(45)40-31-16-14-30(15-17-31)36-41-37-34(39)35(42-44(37)43-36)38-24-27-21-28(25-38)23-29(22-27)26-38/h14-17,27-29,42H,2-13,18-26H2,1H3,(H,40,45). The zero-order valence-corrected chi connectivity index (χ0v) is 29.1. The quantitative estimate of drug-likeness (QED) is 0.0982. The van der Waals surface area contributed by atoms with Crippen LogP contribution in [0.2, 0.25) is 5.02 Å². The predicted octanol–water partition coefficient (Wildman–Crippen LogP) is 9.81. The zero-order chi connectivity index (χ0) is 32.6. The Morgan fingerprint density at radius 1 is 0.872 bits per heavy atom. The highest BCUT2D eigenvalue weighted by molar-refractivity contribution is 6.34. The molecule has 47 heavy (non-hydrogen) atoms. The van der Waals surface area contributed by atoms with Crippen molar-refractivity contribution in [2.45, 2.75) is 141 Å². The van der Waals surface area contributed by atoms with Crippen LogP contribution in [0.15, 0.2) is 24.3 Å². The number of H-pyrrole nitrogens is 1. The molecule has 2 aromatic heterocycles. The number of aromatic amines is 1. The number of ether oxygens (including phenoxy) is 1. The van der Waals surface area contributed by atoms with Gasteiger partial charge in [-0.05, 0) is 87.0 Å². The number of anilines is 1. The van der Waals surface area contributed by atoms with Crippen molar-refractivity contribution < 1.29 is 14.3 Å². The van der Waals surface area contributed by atoms with Crippen LogP contribution in [-0.2, 0) is 19.7 Å². The van der Waals surface area contributed by atoms with Gasteiger partial charge in [-0.25, -0.2) is 4.98 Å². The van der Waals surface area contributed by atoms with Gasteiger partial charge in [0.2, 0.25) is 5.91 Å². The number of halogens is 1. The molecule has 2 N–H and O–H groups in total. The maximum atomic E-state index is 12.5. The molecule has 9 heteroatoms. The summed E-state index contributed by atoms with van der Waals surface area (Å²) in [6.45, 7) is 2.69. The Bertz CT molecular complexity index is 1440. The molecule has 4 aliphatic carbocycles. The number of benzene rings is 1. The Balaban J connectivity index is 0.875. The molecule has 8 nitrogen and oxygen atoms in total. The second-order valence-corrected chi connectivity index (χ2v) is 15.3. The van der Waals surface area contributed by atoms with Crippen LogP contribution >= 0.6 is 11.6 Å². The Kier molecular flexibility index (Phi) is 11.6. The maximum absolute atomic E-state index is 12.5. The number of esters is 1. The fourth-order valence-electron chi connectivity index (χ4n) is 9.03. The van der Waals surface area contributed by atoms with Crippen molar-refractivity contribution in [1.29, 1.82) is 0 Å². The number of nitrogens with one attached hydrogen (secondary N) is 2. The number of fused-ring (bicyclic) bond motifs is 1. The molecule has 0 radical (unpaired) electrons. The predicted molar refractivity (Wildman–Crippen MR) is 188 cm³/mol. The van der Waals surface area contributed by atoms with Crippen molar-refractivity contribution in [2.75, 3.05) is 11.9 Å². The second kappa shape index (κ2) is 16.0. The normalized spacial score (nSPS) is 23.1. The maximum Gasteiger partial charge on any atom is 0.306 e. The first-order valence-corrected chi connectivity index (χ1v) is 19.0. The lowest BCUT2D eigenvalue weighted by Gasteiger charge is -2.56. The van der Waals surface area contributed by atoms with Gasteiger partial charge in [-0.2, -0.15) is 4.63 Å². The number of unbranched alkanes of at least 4 members (excludes halogenated alkanes) is 11. The zero-order valence-electron chi connectivity index (χ0n) is 28.3. The van der Waals surface area contributed by atoms with Crippen LogP contribution < -0.4 is 5.32 Å². The average Bonchev–Trinajstić information content (AvgIpc) is 3.61. The molecule has 4 fully saturated rings. The number of carbonyl (C=O) groups excluding carboxylic acids is 2. The molecule has 3 aromatic rings. The SMILES string of the molecule is CCCCCCCCCCCCCCOC(=O)CCC(=O)Nc1ccc(-c2nc3c(Cl)c(C45CC6CC(CC(C6)C4)C5)[nH]n3n2)cc1. The molecule has 2 heterocycles. The Hall–Kier alpha value is -2.87. The average molecular weight is 664 g/mol. The highest BCUT2D eigenvalue weighted by atomic mass is 35.5. The fraction of sp³-hybridized carbons (Fsp3) is 0.684. The third-order valence-corrected chi connectivity index (χ3v) is 11.4. The van der Waals surface area contributed by atoms with Gasteiger partial charge in [-0.3, -0.25) is 14.7 Å². The third-order valence-electron chi connectivity index (χ3n) is 11.1. The highest BCUT2D eigenvalue weighted by Crippen LogP contribution is 2.61. The molecule has 0 atom stereocenters. The number of hydrogen-bond acceptors (Lipinski definition) is 5. The van der Waals surface area contributed by atoms with Crippen molar-refractivity contribution in [1.82, 2.24) is 19.8 Å². The van der Waals surface area contributed by atoms with Crippen LogP contribution in [0.5, 0.6) is 0 Å². The molecular formula is C38H54ClN5O3. The molecule has 1 amide bonds. The first-order valence-electron chi connectivity index (χ1n) is 18.6. The third kappa shape index (κ3) is 8.60.